The third-order valence-corrected chi connectivity index (χ3v) is 3.77. The van der Waals surface area contributed by atoms with Crippen molar-refractivity contribution in [3.63, 3.8) is 0 Å². The summed E-state index contributed by atoms with van der Waals surface area (Å²) in [5.41, 5.74) is 1.01. The summed E-state index contributed by atoms with van der Waals surface area (Å²) < 4.78 is 0. The molecule has 0 N–H and O–H groups in total. The van der Waals surface area contributed by atoms with Gasteiger partial charge in [-0.05, 0) is 20.4 Å². The van der Waals surface area contributed by atoms with Crippen molar-refractivity contribution in [3.05, 3.63) is 24.3 Å². The van der Waals surface area contributed by atoms with Crippen LogP contribution in [0.2, 0.25) is 0 Å². The predicted molar refractivity (Wildman–Crippen MR) is 73.6 cm³/mol. The largest absolute Gasteiger partial charge is 0.341 e. The summed E-state index contributed by atoms with van der Waals surface area (Å²) in [4.78, 5) is 24.2. The highest BCUT2D eigenvalue weighted by Crippen LogP contribution is 2.10. The van der Waals surface area contributed by atoms with Crippen LogP contribution in [0.25, 0.3) is 0 Å². The highest BCUT2D eigenvalue weighted by atomic mass is 16.2. The predicted octanol–water partition coefficient (Wildman–Crippen LogP) is 0.962. The molecule has 1 saturated heterocycles. The second-order valence-corrected chi connectivity index (χ2v) is 5.21. The van der Waals surface area contributed by atoms with E-state index in [0.717, 1.165) is 44.6 Å². The lowest BCUT2D eigenvalue weighted by Gasteiger charge is -2.26. The third kappa shape index (κ3) is 3.99. The van der Waals surface area contributed by atoms with E-state index in [-0.39, 0.29) is 0 Å². The fourth-order valence-electron chi connectivity index (χ4n) is 2.33. The van der Waals surface area contributed by atoms with Crippen LogP contribution < -0.4 is 0 Å². The lowest BCUT2D eigenvalue weighted by molar-refractivity contribution is -0.127. The summed E-state index contributed by atoms with van der Waals surface area (Å²) in [6, 6.07) is 0.398. The molecule has 0 bridgehead atoms. The Morgan fingerprint density at radius 1 is 1.47 bits per heavy atom. The number of carbonyl (C=O) groups excluding carboxylic acids is 1. The van der Waals surface area contributed by atoms with Gasteiger partial charge in [-0.15, -0.1) is 0 Å². The molecule has 0 aromatic carbocycles. The van der Waals surface area contributed by atoms with Crippen molar-refractivity contribution in [1.82, 2.24) is 19.8 Å². The fourth-order valence-corrected chi connectivity index (χ4v) is 2.33. The first-order valence-electron chi connectivity index (χ1n) is 6.89. The van der Waals surface area contributed by atoms with Crippen LogP contribution in [0.15, 0.2) is 18.6 Å². The quantitative estimate of drug-likeness (QED) is 0.766. The molecular weight excluding hydrogens is 240 g/mol. The third-order valence-electron chi connectivity index (χ3n) is 3.77. The van der Waals surface area contributed by atoms with E-state index in [4.69, 9.17) is 0 Å². The Morgan fingerprint density at radius 2 is 2.32 bits per heavy atom. The van der Waals surface area contributed by atoms with Crippen LogP contribution in [-0.4, -0.2) is 58.4 Å². The van der Waals surface area contributed by atoms with Crippen molar-refractivity contribution < 1.29 is 4.79 Å². The number of hydrogen-bond acceptors (Lipinski definition) is 4. The first kappa shape index (κ1) is 13.9. The van der Waals surface area contributed by atoms with Gasteiger partial charge in [-0.2, -0.15) is 0 Å². The first-order valence-corrected chi connectivity index (χ1v) is 6.89. The van der Waals surface area contributed by atoms with E-state index < -0.39 is 0 Å². The molecule has 1 aliphatic rings. The van der Waals surface area contributed by atoms with Crippen molar-refractivity contribution in [3.8, 4) is 0 Å². The minimum absolute atomic E-state index is 0.301. The van der Waals surface area contributed by atoms with Gasteiger partial charge in [0.05, 0.1) is 5.69 Å². The zero-order valence-corrected chi connectivity index (χ0v) is 11.7. The van der Waals surface area contributed by atoms with Crippen molar-refractivity contribution in [2.45, 2.75) is 32.2 Å². The van der Waals surface area contributed by atoms with E-state index >= 15 is 0 Å². The molecule has 1 aromatic rings. The molecule has 0 unspecified atom stereocenters. The van der Waals surface area contributed by atoms with E-state index in [1.165, 1.54) is 0 Å². The molecule has 2 rings (SSSR count). The van der Waals surface area contributed by atoms with Crippen molar-refractivity contribution >= 4 is 5.91 Å². The number of amides is 1. The molecule has 0 radical (unpaired) electrons. The fraction of sp³-hybridized carbons (Fsp3) is 0.643. The van der Waals surface area contributed by atoms with Gasteiger partial charge in [-0.1, -0.05) is 0 Å². The summed E-state index contributed by atoms with van der Waals surface area (Å²) in [5.74, 6) is 0.301. The van der Waals surface area contributed by atoms with Gasteiger partial charge in [0.15, 0.2) is 0 Å². The SMILES string of the molecule is C[C@H](Cc1cnccn1)N(C)CCN1CCCC1=O. The van der Waals surface area contributed by atoms with Crippen LogP contribution in [0.1, 0.15) is 25.5 Å². The maximum atomic E-state index is 11.5. The molecule has 19 heavy (non-hydrogen) atoms. The summed E-state index contributed by atoms with van der Waals surface area (Å²) in [6.45, 7) is 4.85. The highest BCUT2D eigenvalue weighted by molar-refractivity contribution is 5.78. The van der Waals surface area contributed by atoms with E-state index in [2.05, 4.69) is 28.8 Å². The van der Waals surface area contributed by atoms with E-state index in [1.54, 1.807) is 12.4 Å². The minimum Gasteiger partial charge on any atom is -0.341 e. The Balaban J connectivity index is 1.76. The smallest absolute Gasteiger partial charge is 0.222 e. The van der Waals surface area contributed by atoms with Crippen molar-refractivity contribution in [2.75, 3.05) is 26.7 Å². The zero-order valence-electron chi connectivity index (χ0n) is 11.7. The van der Waals surface area contributed by atoms with Gasteiger partial charge >= 0.3 is 0 Å². The Morgan fingerprint density at radius 3 is 2.95 bits per heavy atom. The van der Waals surface area contributed by atoms with Crippen molar-refractivity contribution in [2.24, 2.45) is 0 Å². The topological polar surface area (TPSA) is 49.3 Å². The average Bonchev–Trinajstić information content (AvgIpc) is 2.82. The Hall–Kier alpha value is -1.49. The van der Waals surface area contributed by atoms with Gasteiger partial charge in [0.1, 0.15) is 0 Å². The van der Waals surface area contributed by atoms with E-state index in [0.29, 0.717) is 11.9 Å². The lowest BCUT2D eigenvalue weighted by Crippen LogP contribution is -2.38. The molecule has 2 heterocycles. The van der Waals surface area contributed by atoms with Crippen LogP contribution in [-0.2, 0) is 11.2 Å². The molecule has 0 aliphatic carbocycles. The highest BCUT2D eigenvalue weighted by Gasteiger charge is 2.20. The zero-order chi connectivity index (χ0) is 13.7. The molecule has 0 saturated carbocycles. The molecular formula is C14H22N4O. The van der Waals surface area contributed by atoms with Crippen LogP contribution in [0.5, 0.6) is 0 Å². The molecule has 1 atom stereocenters. The number of nitrogens with zero attached hydrogens (tertiary/aromatic N) is 4. The maximum absolute atomic E-state index is 11.5. The van der Waals surface area contributed by atoms with Gasteiger partial charge in [0.25, 0.3) is 0 Å². The number of rotatable bonds is 6. The second kappa shape index (κ2) is 6.61. The van der Waals surface area contributed by atoms with Gasteiger partial charge < -0.3 is 9.80 Å². The number of likely N-dealkylation sites (tertiary alicyclic amines) is 1. The molecule has 5 heteroatoms. The summed E-state index contributed by atoms with van der Waals surface area (Å²) in [7, 11) is 2.10. The number of aromatic nitrogens is 2. The standard InChI is InChI=1S/C14H22N4O/c1-12(10-13-11-15-5-6-16-13)17(2)8-9-18-7-3-4-14(18)19/h5-6,11-12H,3-4,7-10H2,1-2H3/t12-/m1/s1. The van der Waals surface area contributed by atoms with Gasteiger partial charge in [-0.3, -0.25) is 14.8 Å². The monoisotopic (exact) mass is 262 g/mol. The van der Waals surface area contributed by atoms with Crippen LogP contribution in [0.3, 0.4) is 0 Å². The second-order valence-electron chi connectivity index (χ2n) is 5.21. The molecule has 1 aliphatic heterocycles. The van der Waals surface area contributed by atoms with E-state index in [1.807, 2.05) is 11.1 Å². The molecule has 1 fully saturated rings. The molecule has 1 aromatic heterocycles. The number of carbonyl (C=O) groups is 1. The Kier molecular flexibility index (Phi) is 4.85. The average molecular weight is 262 g/mol. The molecule has 104 valence electrons. The first-order chi connectivity index (χ1) is 9.16. The lowest BCUT2D eigenvalue weighted by atomic mass is 10.1. The maximum Gasteiger partial charge on any atom is 0.222 e. The summed E-state index contributed by atoms with van der Waals surface area (Å²) in [5, 5.41) is 0. The number of likely N-dealkylation sites (N-methyl/N-ethyl adjacent to an activating group) is 1. The summed E-state index contributed by atoms with van der Waals surface area (Å²) >= 11 is 0. The molecule has 1 amide bonds. The normalized spacial score (nSPS) is 17.2. The Labute approximate surface area is 114 Å². The van der Waals surface area contributed by atoms with Gasteiger partial charge in [0, 0.05) is 57.1 Å². The molecule has 0 spiro atoms. The van der Waals surface area contributed by atoms with Gasteiger partial charge in [0.2, 0.25) is 5.91 Å². The minimum atomic E-state index is 0.301. The van der Waals surface area contributed by atoms with Crippen LogP contribution in [0, 0.1) is 0 Å². The Bertz CT molecular complexity index is 409. The number of hydrogen-bond donors (Lipinski definition) is 0. The van der Waals surface area contributed by atoms with E-state index in [9.17, 15) is 4.79 Å². The van der Waals surface area contributed by atoms with Crippen LogP contribution >= 0.6 is 0 Å². The van der Waals surface area contributed by atoms with Crippen LogP contribution in [0.4, 0.5) is 0 Å². The summed E-state index contributed by atoms with van der Waals surface area (Å²) in [6.07, 6.45) is 7.85. The molecule has 5 nitrogen and oxygen atoms in total. The van der Waals surface area contributed by atoms with Crippen molar-refractivity contribution in [1.29, 1.82) is 0 Å². The van der Waals surface area contributed by atoms with Gasteiger partial charge in [-0.25, -0.2) is 0 Å².